The first kappa shape index (κ1) is 15.6. The Morgan fingerprint density at radius 1 is 1.22 bits per heavy atom. The summed E-state index contributed by atoms with van der Waals surface area (Å²) in [5.74, 6) is 3.02. The third kappa shape index (κ3) is 7.08. The molecule has 1 aliphatic rings. The number of hydrogen-bond donors (Lipinski definition) is 1. The van der Waals surface area contributed by atoms with Crippen LogP contribution < -0.4 is 5.73 Å². The van der Waals surface area contributed by atoms with Crippen LogP contribution in [0.4, 0.5) is 0 Å². The molecule has 0 aromatic heterocycles. The molecule has 0 aromatic carbocycles. The number of methoxy groups -OCH3 is 1. The van der Waals surface area contributed by atoms with Crippen LogP contribution in [0.25, 0.3) is 0 Å². The lowest BCUT2D eigenvalue weighted by Crippen LogP contribution is -2.42. The second-order valence-electron chi connectivity index (χ2n) is 4.15. The maximum absolute atomic E-state index is 5.95. The average Bonchev–Trinajstić information content (AvgIpc) is 2.42. The van der Waals surface area contributed by atoms with Gasteiger partial charge in [-0.15, -0.1) is 0 Å². The van der Waals surface area contributed by atoms with Crippen molar-refractivity contribution in [2.75, 3.05) is 58.1 Å². The van der Waals surface area contributed by atoms with Crippen molar-refractivity contribution in [3.05, 3.63) is 0 Å². The van der Waals surface area contributed by atoms with E-state index < -0.39 is 0 Å². The van der Waals surface area contributed by atoms with Crippen LogP contribution >= 0.6 is 11.8 Å². The highest BCUT2D eigenvalue weighted by Gasteiger charge is 2.11. The van der Waals surface area contributed by atoms with Crippen molar-refractivity contribution in [2.24, 2.45) is 10.7 Å². The molecule has 1 fully saturated rings. The standard InChI is InChI=1S/C12H25N3O2S/c1-16-8-9-17-7-3-2-4-14-12(13)15-5-10-18-11-6-15/h2-11H2,1H3,(H2,13,14). The number of rotatable bonds is 8. The van der Waals surface area contributed by atoms with Crippen molar-refractivity contribution in [1.29, 1.82) is 0 Å². The third-order valence-corrected chi connectivity index (χ3v) is 3.68. The van der Waals surface area contributed by atoms with Crippen molar-refractivity contribution in [3.63, 3.8) is 0 Å². The van der Waals surface area contributed by atoms with E-state index in [1.807, 2.05) is 11.8 Å². The summed E-state index contributed by atoms with van der Waals surface area (Å²) in [6.45, 7) is 4.97. The Morgan fingerprint density at radius 2 is 2.00 bits per heavy atom. The maximum atomic E-state index is 5.95. The second kappa shape index (κ2) is 10.5. The van der Waals surface area contributed by atoms with E-state index in [9.17, 15) is 0 Å². The zero-order valence-corrected chi connectivity index (χ0v) is 12.1. The normalized spacial score (nSPS) is 17.2. The quantitative estimate of drug-likeness (QED) is 0.403. The molecule has 1 saturated heterocycles. The fraction of sp³-hybridized carbons (Fsp3) is 0.917. The fourth-order valence-electron chi connectivity index (χ4n) is 1.65. The molecule has 6 heteroatoms. The summed E-state index contributed by atoms with van der Waals surface area (Å²) < 4.78 is 10.3. The van der Waals surface area contributed by atoms with Crippen LogP contribution in [0.3, 0.4) is 0 Å². The molecule has 0 unspecified atom stereocenters. The Balaban J connectivity index is 1.98. The van der Waals surface area contributed by atoms with Gasteiger partial charge in [-0.05, 0) is 12.8 Å². The third-order valence-electron chi connectivity index (χ3n) is 2.74. The molecule has 0 amide bonds. The van der Waals surface area contributed by atoms with Crippen LogP contribution in [0.1, 0.15) is 12.8 Å². The van der Waals surface area contributed by atoms with Gasteiger partial charge in [0.05, 0.1) is 13.2 Å². The number of unbranched alkanes of at least 4 members (excludes halogenated alkanes) is 1. The summed E-state index contributed by atoms with van der Waals surface area (Å²) in [5.41, 5.74) is 5.95. The van der Waals surface area contributed by atoms with Gasteiger partial charge in [-0.3, -0.25) is 4.99 Å². The zero-order valence-electron chi connectivity index (χ0n) is 11.3. The minimum absolute atomic E-state index is 0.665. The Morgan fingerprint density at radius 3 is 2.72 bits per heavy atom. The van der Waals surface area contributed by atoms with Crippen LogP contribution in [0.15, 0.2) is 4.99 Å². The molecule has 0 bridgehead atoms. The monoisotopic (exact) mass is 275 g/mol. The van der Waals surface area contributed by atoms with Crippen LogP contribution in [-0.2, 0) is 9.47 Å². The van der Waals surface area contributed by atoms with Crippen LogP contribution in [0.5, 0.6) is 0 Å². The van der Waals surface area contributed by atoms with E-state index in [-0.39, 0.29) is 0 Å². The molecule has 1 heterocycles. The number of aliphatic imine (C=N–C) groups is 1. The molecular weight excluding hydrogens is 250 g/mol. The van der Waals surface area contributed by atoms with Crippen molar-refractivity contribution in [3.8, 4) is 0 Å². The number of thioether (sulfide) groups is 1. The van der Waals surface area contributed by atoms with E-state index in [2.05, 4.69) is 9.89 Å². The molecule has 0 saturated carbocycles. The number of nitrogens with zero attached hydrogens (tertiary/aromatic N) is 2. The first-order chi connectivity index (χ1) is 8.84. The van der Waals surface area contributed by atoms with E-state index in [1.165, 1.54) is 0 Å². The van der Waals surface area contributed by atoms with Gasteiger partial charge in [-0.1, -0.05) is 0 Å². The highest BCUT2D eigenvalue weighted by molar-refractivity contribution is 7.99. The smallest absolute Gasteiger partial charge is 0.191 e. The lowest BCUT2D eigenvalue weighted by Gasteiger charge is -2.27. The van der Waals surface area contributed by atoms with Gasteiger partial charge >= 0.3 is 0 Å². The maximum Gasteiger partial charge on any atom is 0.191 e. The van der Waals surface area contributed by atoms with Gasteiger partial charge in [-0.25, -0.2) is 0 Å². The molecule has 106 valence electrons. The van der Waals surface area contributed by atoms with Gasteiger partial charge in [0.25, 0.3) is 0 Å². The summed E-state index contributed by atoms with van der Waals surface area (Å²) >= 11 is 1.98. The van der Waals surface area contributed by atoms with Crippen LogP contribution in [0.2, 0.25) is 0 Å². The Kier molecular flexibility index (Phi) is 9.06. The topological polar surface area (TPSA) is 60.1 Å². The number of ether oxygens (including phenoxy) is 2. The SMILES string of the molecule is COCCOCCCCN=C(N)N1CCSCC1. The van der Waals surface area contributed by atoms with Crippen molar-refractivity contribution >= 4 is 17.7 Å². The van der Waals surface area contributed by atoms with E-state index in [0.29, 0.717) is 19.2 Å². The Labute approximate surface area is 114 Å². The van der Waals surface area contributed by atoms with E-state index in [1.54, 1.807) is 7.11 Å². The van der Waals surface area contributed by atoms with Crippen LogP contribution in [-0.4, -0.2) is 68.9 Å². The number of nitrogens with two attached hydrogens (primary N) is 1. The van der Waals surface area contributed by atoms with Gasteiger partial charge in [-0.2, -0.15) is 11.8 Å². The van der Waals surface area contributed by atoms with Gasteiger partial charge in [0.15, 0.2) is 5.96 Å². The van der Waals surface area contributed by atoms with E-state index in [4.69, 9.17) is 15.2 Å². The van der Waals surface area contributed by atoms with Crippen LogP contribution in [0, 0.1) is 0 Å². The predicted octanol–water partition coefficient (Wildman–Crippen LogP) is 0.793. The summed E-state index contributed by atoms with van der Waals surface area (Å²) in [5, 5.41) is 0. The van der Waals surface area contributed by atoms with E-state index >= 15 is 0 Å². The molecule has 0 atom stereocenters. The molecule has 0 radical (unpaired) electrons. The zero-order chi connectivity index (χ0) is 13.1. The first-order valence-electron chi connectivity index (χ1n) is 6.54. The molecule has 0 aliphatic carbocycles. The summed E-state index contributed by atoms with van der Waals surface area (Å²) in [7, 11) is 1.68. The molecule has 5 nitrogen and oxygen atoms in total. The Hall–Kier alpha value is -0.460. The summed E-state index contributed by atoms with van der Waals surface area (Å²) in [6.07, 6.45) is 2.05. The predicted molar refractivity (Wildman–Crippen MR) is 77.3 cm³/mol. The molecule has 0 spiro atoms. The lowest BCUT2D eigenvalue weighted by molar-refractivity contribution is 0.0690. The Bertz CT molecular complexity index is 233. The van der Waals surface area contributed by atoms with Crippen molar-refractivity contribution in [1.82, 2.24) is 4.90 Å². The van der Waals surface area contributed by atoms with Gasteiger partial charge in [0.2, 0.25) is 0 Å². The highest BCUT2D eigenvalue weighted by Crippen LogP contribution is 2.08. The molecule has 1 rings (SSSR count). The van der Waals surface area contributed by atoms with E-state index in [0.717, 1.165) is 50.6 Å². The number of guanidine groups is 1. The summed E-state index contributed by atoms with van der Waals surface area (Å²) in [4.78, 5) is 6.58. The first-order valence-corrected chi connectivity index (χ1v) is 7.69. The minimum Gasteiger partial charge on any atom is -0.382 e. The molecular formula is C12H25N3O2S. The average molecular weight is 275 g/mol. The minimum atomic E-state index is 0.665. The second-order valence-corrected chi connectivity index (χ2v) is 5.38. The van der Waals surface area contributed by atoms with Crippen molar-refractivity contribution in [2.45, 2.75) is 12.8 Å². The number of hydrogen-bond acceptors (Lipinski definition) is 4. The highest BCUT2D eigenvalue weighted by atomic mass is 32.2. The van der Waals surface area contributed by atoms with Crippen molar-refractivity contribution < 1.29 is 9.47 Å². The molecule has 1 aliphatic heterocycles. The fourth-order valence-corrected chi connectivity index (χ4v) is 2.55. The van der Waals surface area contributed by atoms with Gasteiger partial charge < -0.3 is 20.1 Å². The molecule has 18 heavy (non-hydrogen) atoms. The molecule has 0 aromatic rings. The lowest BCUT2D eigenvalue weighted by atomic mass is 10.3. The van der Waals surface area contributed by atoms with Gasteiger partial charge in [0.1, 0.15) is 0 Å². The van der Waals surface area contributed by atoms with Gasteiger partial charge in [0, 0.05) is 44.9 Å². The molecule has 2 N–H and O–H groups in total. The largest absolute Gasteiger partial charge is 0.382 e. The summed E-state index contributed by atoms with van der Waals surface area (Å²) in [6, 6.07) is 0.